The molecule has 1 rings (SSSR count). The molecule has 0 bridgehead atoms. The van der Waals surface area contributed by atoms with Gasteiger partial charge in [-0.2, -0.15) is 0 Å². The Labute approximate surface area is 93.6 Å². The molecule has 0 heterocycles. The van der Waals surface area contributed by atoms with Gasteiger partial charge in [0.05, 0.1) is 10.7 Å². The van der Waals surface area contributed by atoms with E-state index < -0.39 is 11.9 Å². The maximum atomic E-state index is 10.7. The number of primary amides is 1. The Hall–Kier alpha value is -1.26. The third-order valence-corrected chi connectivity index (χ3v) is 2.57. The fourth-order valence-electron chi connectivity index (χ4n) is 1.10. The van der Waals surface area contributed by atoms with Crippen LogP contribution in [0.4, 0.5) is 5.69 Å². The summed E-state index contributed by atoms with van der Waals surface area (Å²) in [6.45, 7) is 2.18. The minimum absolute atomic E-state index is 0.276. The fraction of sp³-hybridized carbons (Fsp3) is 0.300. The number of hydrogen-bond donors (Lipinski definition) is 3. The molecule has 5 N–H and O–H groups in total. The average Bonchev–Trinajstić information content (AvgIpc) is 2.19. The molecular formula is C10H14ClN3O. The summed E-state index contributed by atoms with van der Waals surface area (Å²) in [5, 5.41) is 3.61. The third-order valence-electron chi connectivity index (χ3n) is 2.07. The van der Waals surface area contributed by atoms with Crippen LogP contribution < -0.4 is 16.8 Å². The smallest absolute Gasteiger partial charge is 0.236 e. The van der Waals surface area contributed by atoms with E-state index in [0.717, 1.165) is 11.3 Å². The Kier molecular flexibility index (Phi) is 3.94. The molecule has 4 nitrogen and oxygen atoms in total. The van der Waals surface area contributed by atoms with Crippen molar-refractivity contribution in [3.63, 3.8) is 0 Å². The van der Waals surface area contributed by atoms with E-state index in [4.69, 9.17) is 23.1 Å². The van der Waals surface area contributed by atoms with Crippen molar-refractivity contribution in [3.8, 4) is 0 Å². The van der Waals surface area contributed by atoms with Gasteiger partial charge in [-0.05, 0) is 18.6 Å². The molecule has 0 fully saturated rings. The molecule has 0 radical (unpaired) electrons. The van der Waals surface area contributed by atoms with Crippen molar-refractivity contribution in [3.05, 3.63) is 28.8 Å². The standard InChI is InChI=1S/C10H14ClN3O/c1-6-3-2-4-8(9(6)11)14-5-7(12)10(13)15/h2-4,7,14H,5,12H2,1H3,(H2,13,15). The van der Waals surface area contributed by atoms with Crippen LogP contribution in [0.1, 0.15) is 5.56 Å². The molecule has 0 aromatic heterocycles. The summed E-state index contributed by atoms with van der Waals surface area (Å²) in [7, 11) is 0. The highest BCUT2D eigenvalue weighted by Gasteiger charge is 2.09. The lowest BCUT2D eigenvalue weighted by Gasteiger charge is -2.12. The molecule has 15 heavy (non-hydrogen) atoms. The monoisotopic (exact) mass is 227 g/mol. The van der Waals surface area contributed by atoms with E-state index in [9.17, 15) is 4.79 Å². The number of carbonyl (C=O) groups is 1. The van der Waals surface area contributed by atoms with Gasteiger partial charge in [-0.15, -0.1) is 0 Å². The maximum absolute atomic E-state index is 10.7. The van der Waals surface area contributed by atoms with Crippen LogP contribution in [-0.4, -0.2) is 18.5 Å². The quantitative estimate of drug-likeness (QED) is 0.714. The van der Waals surface area contributed by atoms with Crippen LogP contribution in [0.15, 0.2) is 18.2 Å². The molecular weight excluding hydrogens is 214 g/mol. The van der Waals surface area contributed by atoms with Crippen LogP contribution in [0.5, 0.6) is 0 Å². The van der Waals surface area contributed by atoms with Crippen molar-refractivity contribution in [1.82, 2.24) is 0 Å². The zero-order valence-electron chi connectivity index (χ0n) is 8.46. The molecule has 0 saturated carbocycles. The minimum Gasteiger partial charge on any atom is -0.382 e. The van der Waals surface area contributed by atoms with Crippen molar-refractivity contribution in [2.24, 2.45) is 11.5 Å². The lowest BCUT2D eigenvalue weighted by atomic mass is 10.2. The van der Waals surface area contributed by atoms with E-state index >= 15 is 0 Å². The van der Waals surface area contributed by atoms with Crippen LogP contribution in [0.2, 0.25) is 5.02 Å². The molecule has 0 aliphatic carbocycles. The predicted octanol–water partition coefficient (Wildman–Crippen LogP) is 0.873. The van der Waals surface area contributed by atoms with E-state index in [0.29, 0.717) is 5.02 Å². The molecule has 0 aliphatic rings. The predicted molar refractivity (Wildman–Crippen MR) is 61.8 cm³/mol. The van der Waals surface area contributed by atoms with Crippen molar-refractivity contribution >= 4 is 23.2 Å². The molecule has 82 valence electrons. The number of amides is 1. The molecule has 5 heteroatoms. The zero-order valence-corrected chi connectivity index (χ0v) is 9.21. The topological polar surface area (TPSA) is 81.1 Å². The first-order valence-electron chi connectivity index (χ1n) is 4.56. The number of carbonyl (C=O) groups excluding carboxylic acids is 1. The highest BCUT2D eigenvalue weighted by molar-refractivity contribution is 6.34. The van der Waals surface area contributed by atoms with Crippen molar-refractivity contribution in [2.45, 2.75) is 13.0 Å². The number of benzene rings is 1. The molecule has 1 amide bonds. The van der Waals surface area contributed by atoms with Crippen LogP contribution in [0.3, 0.4) is 0 Å². The van der Waals surface area contributed by atoms with Gasteiger partial charge < -0.3 is 16.8 Å². The number of nitrogens with one attached hydrogen (secondary N) is 1. The highest BCUT2D eigenvalue weighted by Crippen LogP contribution is 2.24. The molecule has 1 aromatic rings. The summed E-state index contributed by atoms with van der Waals surface area (Å²) in [4.78, 5) is 10.7. The van der Waals surface area contributed by atoms with Crippen LogP contribution in [0.25, 0.3) is 0 Å². The Morgan fingerprint density at radius 2 is 2.27 bits per heavy atom. The number of aryl methyl sites for hydroxylation is 1. The highest BCUT2D eigenvalue weighted by atomic mass is 35.5. The molecule has 1 atom stereocenters. The number of halogens is 1. The number of anilines is 1. The van der Waals surface area contributed by atoms with E-state index in [2.05, 4.69) is 5.32 Å². The second-order valence-corrected chi connectivity index (χ2v) is 3.70. The van der Waals surface area contributed by atoms with Gasteiger partial charge in [0.25, 0.3) is 0 Å². The van der Waals surface area contributed by atoms with Crippen LogP contribution in [-0.2, 0) is 4.79 Å². The largest absolute Gasteiger partial charge is 0.382 e. The summed E-state index contributed by atoms with van der Waals surface area (Å²) in [6.07, 6.45) is 0. The van der Waals surface area contributed by atoms with E-state index in [1.165, 1.54) is 0 Å². The maximum Gasteiger partial charge on any atom is 0.236 e. The first-order valence-corrected chi connectivity index (χ1v) is 4.94. The van der Waals surface area contributed by atoms with Gasteiger partial charge >= 0.3 is 0 Å². The summed E-state index contributed by atoms with van der Waals surface area (Å²) in [6, 6.07) is 4.89. The Morgan fingerprint density at radius 1 is 1.60 bits per heavy atom. The van der Waals surface area contributed by atoms with Crippen LogP contribution >= 0.6 is 11.6 Å². The fourth-order valence-corrected chi connectivity index (χ4v) is 1.30. The summed E-state index contributed by atoms with van der Waals surface area (Å²) in [5.74, 6) is -0.536. The number of nitrogens with two attached hydrogens (primary N) is 2. The normalized spacial score (nSPS) is 12.2. The first-order chi connectivity index (χ1) is 7.02. The molecule has 1 aromatic carbocycles. The Morgan fingerprint density at radius 3 is 2.87 bits per heavy atom. The summed E-state index contributed by atoms with van der Waals surface area (Å²) in [5.41, 5.74) is 12.2. The zero-order chi connectivity index (χ0) is 11.4. The average molecular weight is 228 g/mol. The molecule has 0 saturated heterocycles. The van der Waals surface area contributed by atoms with Gasteiger partial charge in [0.15, 0.2) is 0 Å². The lowest BCUT2D eigenvalue weighted by molar-refractivity contribution is -0.118. The van der Waals surface area contributed by atoms with Crippen molar-refractivity contribution in [1.29, 1.82) is 0 Å². The van der Waals surface area contributed by atoms with Crippen molar-refractivity contribution in [2.75, 3.05) is 11.9 Å². The Bertz CT molecular complexity index is 368. The van der Waals surface area contributed by atoms with Gasteiger partial charge in [0, 0.05) is 6.54 Å². The van der Waals surface area contributed by atoms with E-state index in [1.54, 1.807) is 0 Å². The number of hydrogen-bond acceptors (Lipinski definition) is 3. The molecule has 1 unspecified atom stereocenters. The Balaban J connectivity index is 2.66. The second kappa shape index (κ2) is 5.00. The lowest BCUT2D eigenvalue weighted by Crippen LogP contribution is -2.41. The van der Waals surface area contributed by atoms with Gasteiger partial charge in [-0.25, -0.2) is 0 Å². The van der Waals surface area contributed by atoms with Crippen LogP contribution in [0, 0.1) is 6.92 Å². The van der Waals surface area contributed by atoms with Crippen molar-refractivity contribution < 1.29 is 4.79 Å². The van der Waals surface area contributed by atoms with E-state index in [-0.39, 0.29) is 6.54 Å². The summed E-state index contributed by atoms with van der Waals surface area (Å²) < 4.78 is 0. The van der Waals surface area contributed by atoms with E-state index in [1.807, 2.05) is 25.1 Å². The summed E-state index contributed by atoms with van der Waals surface area (Å²) >= 11 is 6.04. The SMILES string of the molecule is Cc1cccc(NCC(N)C(N)=O)c1Cl. The number of rotatable bonds is 4. The van der Waals surface area contributed by atoms with Gasteiger partial charge in [-0.1, -0.05) is 23.7 Å². The van der Waals surface area contributed by atoms with Gasteiger partial charge in [0.1, 0.15) is 6.04 Å². The minimum atomic E-state index is -0.707. The second-order valence-electron chi connectivity index (χ2n) is 3.33. The molecule has 0 aliphatic heterocycles. The first kappa shape index (κ1) is 11.8. The third kappa shape index (κ3) is 3.11. The van der Waals surface area contributed by atoms with Gasteiger partial charge in [0.2, 0.25) is 5.91 Å². The van der Waals surface area contributed by atoms with Gasteiger partial charge in [-0.3, -0.25) is 4.79 Å². The molecule has 0 spiro atoms.